The Balaban J connectivity index is 0.000000108. The van der Waals surface area contributed by atoms with Crippen LogP contribution in [0.4, 0.5) is 0 Å². The number of carbonyl (C=O) groups excluding carboxylic acids is 2. The van der Waals surface area contributed by atoms with Crippen LogP contribution in [-0.4, -0.2) is 134 Å². The number of rotatable bonds is 0. The average molecular weight is 1970 g/mol. The molecule has 19 heteroatoms. The molecule has 0 aromatic carbocycles. The van der Waals surface area contributed by atoms with Gasteiger partial charge in [-0.2, -0.15) is 5.10 Å². The Morgan fingerprint density at radius 2 is 0.620 bits per heavy atom. The molecule has 142 heavy (non-hydrogen) atoms. The summed E-state index contributed by atoms with van der Waals surface area (Å²) in [7, 11) is 0. The van der Waals surface area contributed by atoms with E-state index in [1.54, 1.807) is 27.9 Å². The maximum atomic E-state index is 12.7. The molecule has 26 rings (SSSR count). The SMILES string of the molecule is C/C=C1\CC[C@H]2[C@@H]3[C@H]4OC(C)(C)O[C@@H]4[C@H]4CC(=O)C(=CO)C[C@]4(C)[C@H]3CC[C@]12C.C/C=C1\CC[C@H]2[C@@H]3[C@H]4OC(C)(C)O[C@@H]4[C@H]4CC(=O)CC[C@]4(C)[C@H]3CC[C@]12C.C/C=C1\CC[C@H]2[C@@H]3[C@H]4OC(C)(C)O[C@@H]4[C@H]4C[C@@H](C)CC[C@]4(C)[C@H]3CC[C@]12C.C/C=C1\CC[C@H]2[C@@H]3[C@H]4OC(C)(C)O[C@@H]4[C@H]4C[C@@H](O)CC[C@]4(C)[C@H]3CC[C@]12C.C/C=C1\CC[C@H]2[C@@H]3[C@H]4OC(C)(C)O[C@@H]4[C@H]4Cc5[nH]ncc5C[C@]4(C)[C@H]3CC[C@]12C.NN.O. The molecule has 19 nitrogen and oxygen atoms in total. The summed E-state index contributed by atoms with van der Waals surface area (Å²) < 4.78 is 66.3. The summed E-state index contributed by atoms with van der Waals surface area (Å²) in [6.07, 6.45) is 55.5. The molecule has 0 unspecified atom stereocenters. The third-order valence-corrected chi connectivity index (χ3v) is 48.9. The summed E-state index contributed by atoms with van der Waals surface area (Å²) in [5.74, 6) is 18.8. The fourth-order valence-electron chi connectivity index (χ4n) is 42.6. The van der Waals surface area contributed by atoms with Gasteiger partial charge >= 0.3 is 0 Å². The summed E-state index contributed by atoms with van der Waals surface area (Å²) in [6, 6.07) is 0. The smallest absolute Gasteiger partial charge is 0.163 e. The number of nitrogens with one attached hydrogen (secondary N) is 1. The monoisotopic (exact) mass is 1970 g/mol. The van der Waals surface area contributed by atoms with Crippen LogP contribution in [0.25, 0.3) is 0 Å². The first-order valence-corrected chi connectivity index (χ1v) is 58.0. The number of ketones is 2. The van der Waals surface area contributed by atoms with Crippen molar-refractivity contribution in [1.82, 2.24) is 10.2 Å². The Hall–Kier alpha value is -3.77. The largest absolute Gasteiger partial charge is 0.515 e. The molecule has 1 aromatic rings. The molecule has 24 fully saturated rings. The van der Waals surface area contributed by atoms with E-state index >= 15 is 0 Å². The van der Waals surface area contributed by atoms with Crippen LogP contribution >= 0.6 is 0 Å². The molecule has 1 aromatic heterocycles. The topological polar surface area (TPSA) is 279 Å². The Labute approximate surface area is 855 Å². The summed E-state index contributed by atoms with van der Waals surface area (Å²) in [4.78, 5) is 25.1. The third kappa shape index (κ3) is 15.9. The Morgan fingerprint density at radius 1 is 0.331 bits per heavy atom. The molecule has 0 radical (unpaired) electrons. The lowest BCUT2D eigenvalue weighted by atomic mass is 9.43. The number of fused-ring (bicyclic) bond motifs is 41. The van der Waals surface area contributed by atoms with Crippen molar-refractivity contribution in [1.29, 1.82) is 0 Å². The molecule has 20 aliphatic carbocycles. The molecule has 5 aliphatic heterocycles. The Bertz CT molecular complexity index is 5000. The first kappa shape index (κ1) is 105. The average Bonchev–Trinajstić information content (AvgIpc) is 1.54. The van der Waals surface area contributed by atoms with E-state index in [2.05, 4.69) is 225 Å². The summed E-state index contributed by atoms with van der Waals surface area (Å²) in [5, 5.41) is 27.9. The van der Waals surface area contributed by atoms with E-state index in [9.17, 15) is 19.8 Å². The highest BCUT2D eigenvalue weighted by atomic mass is 16.8. The zero-order valence-corrected chi connectivity index (χ0v) is 92.7. The van der Waals surface area contributed by atoms with E-state index in [-0.39, 0.29) is 99.2 Å². The highest BCUT2D eigenvalue weighted by Gasteiger charge is 2.76. The second kappa shape index (κ2) is 36.5. The van der Waals surface area contributed by atoms with Gasteiger partial charge in [-0.1, -0.05) is 141 Å². The van der Waals surface area contributed by atoms with Gasteiger partial charge in [-0.15, -0.1) is 0 Å². The van der Waals surface area contributed by atoms with Gasteiger partial charge in [0.05, 0.1) is 79.6 Å². The number of aliphatic hydroxyl groups is 2. The number of H-pyrrole nitrogens is 1. The highest BCUT2D eigenvalue weighted by molar-refractivity contribution is 5.96. The van der Waals surface area contributed by atoms with Gasteiger partial charge in [-0.3, -0.25) is 26.4 Å². The minimum Gasteiger partial charge on any atom is -0.515 e. The maximum absolute atomic E-state index is 12.7. The van der Waals surface area contributed by atoms with Crippen molar-refractivity contribution < 1.29 is 72.6 Å². The van der Waals surface area contributed by atoms with Gasteiger partial charge in [0.2, 0.25) is 0 Å². The van der Waals surface area contributed by atoms with Gasteiger partial charge in [0.15, 0.2) is 34.7 Å². The Kier molecular flexibility index (Phi) is 27.1. The van der Waals surface area contributed by atoms with Crippen LogP contribution in [0.5, 0.6) is 0 Å². The normalized spacial score (nSPS) is 53.8. The van der Waals surface area contributed by atoms with Gasteiger partial charge in [0.1, 0.15) is 5.78 Å². The number of nitrogens with two attached hydrogens (primary N) is 2. The minimum atomic E-state index is -0.600. The quantitative estimate of drug-likeness (QED) is 0.0531. The van der Waals surface area contributed by atoms with Crippen molar-refractivity contribution in [3.63, 3.8) is 0 Å². The zero-order valence-electron chi connectivity index (χ0n) is 92.7. The van der Waals surface area contributed by atoms with Crippen LogP contribution in [-0.2, 0) is 69.8 Å². The van der Waals surface area contributed by atoms with Crippen LogP contribution in [0.15, 0.2) is 76.3 Å². The van der Waals surface area contributed by atoms with Gasteiger partial charge in [-0.25, -0.2) is 0 Å². The van der Waals surface area contributed by atoms with Crippen LogP contribution in [0.1, 0.15) is 390 Å². The highest BCUT2D eigenvalue weighted by Crippen LogP contribution is 2.77. The van der Waals surface area contributed by atoms with Crippen LogP contribution in [0, 0.1) is 178 Å². The number of aromatic amines is 1. The van der Waals surface area contributed by atoms with E-state index in [0.29, 0.717) is 159 Å². The lowest BCUT2D eigenvalue weighted by molar-refractivity contribution is -0.182. The fourth-order valence-corrected chi connectivity index (χ4v) is 42.6. The number of aliphatic hydroxyl groups excluding tert-OH is 2. The molecule has 42 atom stereocenters. The summed E-state index contributed by atoms with van der Waals surface area (Å²) in [5.41, 5.74) is 14.7. The lowest BCUT2D eigenvalue weighted by Crippen LogP contribution is -2.63. The number of hydrogen-bond donors (Lipinski definition) is 5. The first-order chi connectivity index (χ1) is 66.5. The lowest BCUT2D eigenvalue weighted by Gasteiger charge is -2.63. The Morgan fingerprint density at radius 3 is 0.958 bits per heavy atom. The number of hydrazine groups is 1. The number of allylic oxidation sites excluding steroid dienone is 11. The van der Waals surface area contributed by atoms with E-state index in [1.807, 2.05) is 13.8 Å². The number of ether oxygens (including phenoxy) is 10. The maximum Gasteiger partial charge on any atom is 0.163 e. The van der Waals surface area contributed by atoms with E-state index in [4.69, 9.17) is 47.4 Å². The standard InChI is InChI=1S/C25H36N2O2.C25H36O4.C25H40O2.C24H38O3.C24H36O3.H4N2.H2O/c1-6-15-7-8-16-20-17(9-10-24(15,16)4)25(5)12-14-13-26-27-19(14)11-18(25)21-22(20)29-23(2,3)28-21;1-6-15-7-8-16-20-17(9-10-24(15,16)4)25(5)12-14(13-26)19(27)11-18(25)21-22(20)29-23(2,3)28-21;1-7-16-8-9-17-20-18(11-13-24(16,17)5)25(6)12-10-15(2)14-19(25)21-22(20)27-23(3,4)26-21;2*1-6-14-7-8-16-19-17(10-12-23(14,16)4)24(5)11-9-15(25)13-18(24)20-21(19)27-22(2,3)26-20;1-2;/h6,13,16-18,20-22H,7-12H2,1-5H3,(H,26,27);6,13,16-18,20-22,26H,7-12H2,1-5H3;7,15,17-22H,8-14H2,1-6H3;6,15-21,25H,7-13H2,1-5H3;6,16-21H,7-13H2,1-5H3;1-2H2;1H2/b15-6+;14-13?,15-6+;16-7+;2*14-6+;;/t2*16-,17-,18+,20-,21+,22+,24+,25+;15-,17-,18-,19+,20-,21+,22+,24+,25+;15-,16-,17-,18+,19-,20+,21+,23+,24+;16-,17-,18+,19-,20+,21+,23+,24+;;/m00000../s1. The van der Waals surface area contributed by atoms with Crippen molar-refractivity contribution in [2.45, 2.75) is 488 Å². The van der Waals surface area contributed by atoms with E-state index in [1.165, 1.54) is 159 Å². The molecule has 19 saturated carbocycles. The van der Waals surface area contributed by atoms with Crippen LogP contribution < -0.4 is 11.7 Å². The molecule has 0 spiro atoms. The van der Waals surface area contributed by atoms with Crippen LogP contribution in [0.2, 0.25) is 0 Å². The first-order valence-electron chi connectivity index (χ1n) is 58.0. The minimum absolute atomic E-state index is 0. The molecule has 6 heterocycles. The molecule has 25 aliphatic rings. The van der Waals surface area contributed by atoms with Crippen molar-refractivity contribution in [3.8, 4) is 0 Å². The molecule has 0 bridgehead atoms. The van der Waals surface area contributed by atoms with E-state index in [0.717, 1.165) is 80.8 Å². The number of nitrogens with zero attached hydrogens (tertiary/aromatic N) is 1. The van der Waals surface area contributed by atoms with Crippen molar-refractivity contribution in [2.75, 3.05) is 0 Å². The van der Waals surface area contributed by atoms with E-state index < -0.39 is 28.9 Å². The van der Waals surface area contributed by atoms with Crippen LogP contribution in [0.3, 0.4) is 0 Å². The number of hydrogen-bond acceptors (Lipinski definition) is 17. The fraction of sp³-hybridized carbons (Fsp3) is 0.862. The summed E-state index contributed by atoms with van der Waals surface area (Å²) in [6.45, 7) is 59.8. The zero-order chi connectivity index (χ0) is 101. The van der Waals surface area contributed by atoms with Gasteiger partial charge in [-0.05, 0) is 462 Å². The predicted octanol–water partition coefficient (Wildman–Crippen LogP) is 25.1. The van der Waals surface area contributed by atoms with Gasteiger partial charge < -0.3 is 63.1 Å². The number of Topliss-reactive ketones (excluding diaryl/α,β-unsaturated/α-hetero) is 2. The second-order valence-electron chi connectivity index (χ2n) is 56.6. The number of aromatic nitrogens is 2. The van der Waals surface area contributed by atoms with Gasteiger partial charge in [0.25, 0.3) is 0 Å². The molecule has 0 amide bonds. The van der Waals surface area contributed by atoms with Crippen molar-refractivity contribution >= 4 is 11.6 Å². The number of carbonyl (C=O) groups is 2. The molecule has 5 saturated heterocycles. The third-order valence-electron chi connectivity index (χ3n) is 48.9. The van der Waals surface area contributed by atoms with Crippen molar-refractivity contribution in [3.05, 3.63) is 87.5 Å². The van der Waals surface area contributed by atoms with Gasteiger partial charge in [0, 0.05) is 42.4 Å². The predicted molar refractivity (Wildman–Crippen MR) is 556 cm³/mol. The molecule has 9 N–H and O–H groups in total. The molecular weight excluding hydrogens is 1770 g/mol. The molecular formula is C123H192N4O15. The second-order valence-corrected chi connectivity index (χ2v) is 56.6. The summed E-state index contributed by atoms with van der Waals surface area (Å²) >= 11 is 0. The van der Waals surface area contributed by atoms with Crippen molar-refractivity contribution in [2.24, 2.45) is 190 Å². The molecule has 794 valence electrons.